The Morgan fingerprint density at radius 3 is 2.95 bits per heavy atom. The Balaban J connectivity index is 1.84. The number of ether oxygens (including phenoxy) is 1. The van der Waals surface area contributed by atoms with Gasteiger partial charge in [0.15, 0.2) is 11.6 Å². The summed E-state index contributed by atoms with van der Waals surface area (Å²) in [6.45, 7) is 4.47. The maximum atomic E-state index is 13.4. The molecule has 0 saturated heterocycles. The molecule has 0 radical (unpaired) electrons. The van der Waals surface area contributed by atoms with Gasteiger partial charge in [0.2, 0.25) is 4.96 Å². The van der Waals surface area contributed by atoms with Gasteiger partial charge in [0.25, 0.3) is 0 Å². The van der Waals surface area contributed by atoms with Crippen molar-refractivity contribution in [3.63, 3.8) is 0 Å². The second kappa shape index (κ2) is 5.33. The molecular weight excluding hydrogens is 291 g/mol. The lowest BCUT2D eigenvalue weighted by molar-refractivity contribution is 0.387. The quantitative estimate of drug-likeness (QED) is 0.804. The number of anilines is 1. The highest BCUT2D eigenvalue weighted by atomic mass is 32.1. The van der Waals surface area contributed by atoms with Crippen LogP contribution in [0.2, 0.25) is 0 Å². The number of benzene rings is 1. The lowest BCUT2D eigenvalue weighted by Crippen LogP contribution is -2.05. The molecule has 2 heterocycles. The molecule has 0 unspecified atom stereocenters. The Hall–Kier alpha value is -2.15. The smallest absolute Gasteiger partial charge is 0.212 e. The van der Waals surface area contributed by atoms with E-state index in [1.807, 2.05) is 18.4 Å². The Labute approximate surface area is 125 Å². The summed E-state index contributed by atoms with van der Waals surface area (Å²) in [5.74, 6) is -0.152. The molecule has 1 N–H and O–H groups in total. The van der Waals surface area contributed by atoms with Crippen molar-refractivity contribution in [3.8, 4) is 5.75 Å². The van der Waals surface area contributed by atoms with Crippen LogP contribution >= 0.6 is 11.3 Å². The number of rotatable bonds is 4. The zero-order valence-electron chi connectivity index (χ0n) is 12.0. The zero-order chi connectivity index (χ0) is 15.0. The number of aromatic nitrogens is 3. The molecule has 0 bridgehead atoms. The van der Waals surface area contributed by atoms with E-state index in [0.29, 0.717) is 6.54 Å². The van der Waals surface area contributed by atoms with Crippen molar-refractivity contribution in [2.75, 3.05) is 12.4 Å². The minimum absolute atomic E-state index is 0.222. The van der Waals surface area contributed by atoms with E-state index < -0.39 is 0 Å². The van der Waals surface area contributed by atoms with Crippen molar-refractivity contribution < 1.29 is 9.13 Å². The standard InChI is InChI=1S/C14H15FN4OS/c1-8-12(19-14(17-8)21-9(2)18-19)7-16-10-4-5-11(15)13(6-10)20-3/h4-6,16H,7H2,1-3H3. The van der Waals surface area contributed by atoms with Gasteiger partial charge in [-0.1, -0.05) is 11.3 Å². The van der Waals surface area contributed by atoms with Gasteiger partial charge in [0.1, 0.15) is 5.01 Å². The summed E-state index contributed by atoms with van der Waals surface area (Å²) in [6, 6.07) is 4.69. The predicted octanol–water partition coefficient (Wildman–Crippen LogP) is 3.17. The van der Waals surface area contributed by atoms with Crippen LogP contribution in [0.4, 0.5) is 10.1 Å². The second-order valence-corrected chi connectivity index (χ2v) is 5.82. The van der Waals surface area contributed by atoms with Crippen molar-refractivity contribution in [1.29, 1.82) is 0 Å². The predicted molar refractivity (Wildman–Crippen MR) is 80.6 cm³/mol. The van der Waals surface area contributed by atoms with Crippen LogP contribution in [0, 0.1) is 19.7 Å². The van der Waals surface area contributed by atoms with E-state index in [0.717, 1.165) is 27.0 Å². The molecule has 0 spiro atoms. The van der Waals surface area contributed by atoms with Gasteiger partial charge in [-0.15, -0.1) is 0 Å². The van der Waals surface area contributed by atoms with Gasteiger partial charge < -0.3 is 10.1 Å². The molecule has 2 aromatic heterocycles. The number of nitrogens with one attached hydrogen (secondary N) is 1. The molecule has 0 atom stereocenters. The molecule has 21 heavy (non-hydrogen) atoms. The SMILES string of the molecule is COc1cc(NCc2c(C)nc3sc(C)nn23)ccc1F. The molecule has 3 rings (SSSR count). The van der Waals surface area contributed by atoms with E-state index in [9.17, 15) is 4.39 Å². The van der Waals surface area contributed by atoms with E-state index in [1.165, 1.54) is 13.2 Å². The first-order chi connectivity index (χ1) is 10.1. The Morgan fingerprint density at radius 1 is 1.38 bits per heavy atom. The lowest BCUT2D eigenvalue weighted by Gasteiger charge is -2.08. The van der Waals surface area contributed by atoms with Crippen molar-refractivity contribution in [2.45, 2.75) is 20.4 Å². The van der Waals surface area contributed by atoms with Crippen LogP contribution in [0.5, 0.6) is 5.75 Å². The third-order valence-corrected chi connectivity index (χ3v) is 4.03. The molecule has 110 valence electrons. The fraction of sp³-hybridized carbons (Fsp3) is 0.286. The zero-order valence-corrected chi connectivity index (χ0v) is 12.8. The van der Waals surface area contributed by atoms with Gasteiger partial charge in [-0.3, -0.25) is 0 Å². The van der Waals surface area contributed by atoms with E-state index >= 15 is 0 Å². The van der Waals surface area contributed by atoms with E-state index in [4.69, 9.17) is 4.74 Å². The van der Waals surface area contributed by atoms with Crippen molar-refractivity contribution in [3.05, 3.63) is 40.4 Å². The van der Waals surface area contributed by atoms with Crippen molar-refractivity contribution >= 4 is 22.0 Å². The molecule has 0 saturated carbocycles. The number of halogens is 1. The highest BCUT2D eigenvalue weighted by molar-refractivity contribution is 7.16. The summed E-state index contributed by atoms with van der Waals surface area (Å²) in [5, 5.41) is 8.66. The maximum Gasteiger partial charge on any atom is 0.212 e. The maximum absolute atomic E-state index is 13.4. The highest BCUT2D eigenvalue weighted by Crippen LogP contribution is 2.23. The Morgan fingerprint density at radius 2 is 2.19 bits per heavy atom. The summed E-state index contributed by atoms with van der Waals surface area (Å²) in [4.78, 5) is 5.38. The van der Waals surface area contributed by atoms with Crippen LogP contribution in [0.1, 0.15) is 16.4 Å². The minimum atomic E-state index is -0.374. The number of hydrogen-bond donors (Lipinski definition) is 1. The monoisotopic (exact) mass is 306 g/mol. The third kappa shape index (κ3) is 2.56. The highest BCUT2D eigenvalue weighted by Gasteiger charge is 2.12. The van der Waals surface area contributed by atoms with Crippen LogP contribution in [0.15, 0.2) is 18.2 Å². The fourth-order valence-electron chi connectivity index (χ4n) is 2.14. The van der Waals surface area contributed by atoms with Crippen LogP contribution in [-0.2, 0) is 6.54 Å². The molecule has 0 aliphatic rings. The van der Waals surface area contributed by atoms with E-state index in [2.05, 4.69) is 15.4 Å². The van der Waals surface area contributed by atoms with Gasteiger partial charge >= 0.3 is 0 Å². The second-order valence-electron chi connectivity index (χ2n) is 4.66. The molecule has 7 heteroatoms. The Kier molecular flexibility index (Phi) is 3.50. The average Bonchev–Trinajstić information content (AvgIpc) is 2.93. The normalized spacial score (nSPS) is 11.0. The summed E-state index contributed by atoms with van der Waals surface area (Å²) >= 11 is 1.56. The van der Waals surface area contributed by atoms with Crippen molar-refractivity contribution in [1.82, 2.24) is 14.6 Å². The third-order valence-electron chi connectivity index (χ3n) is 3.21. The van der Waals surface area contributed by atoms with Crippen LogP contribution in [-0.4, -0.2) is 21.7 Å². The number of nitrogens with zero attached hydrogens (tertiary/aromatic N) is 3. The van der Waals surface area contributed by atoms with Gasteiger partial charge in [0.05, 0.1) is 25.0 Å². The molecular formula is C14H15FN4OS. The van der Waals surface area contributed by atoms with Crippen LogP contribution in [0.25, 0.3) is 4.96 Å². The average molecular weight is 306 g/mol. The molecule has 0 fully saturated rings. The van der Waals surface area contributed by atoms with Gasteiger partial charge in [-0.2, -0.15) is 5.10 Å². The van der Waals surface area contributed by atoms with Gasteiger partial charge in [-0.25, -0.2) is 13.9 Å². The first-order valence-corrected chi connectivity index (χ1v) is 7.29. The fourth-order valence-corrected chi connectivity index (χ4v) is 2.95. The number of aryl methyl sites for hydroxylation is 2. The summed E-state index contributed by atoms with van der Waals surface area (Å²) in [6.07, 6.45) is 0. The number of imidazole rings is 1. The minimum Gasteiger partial charge on any atom is -0.494 e. The van der Waals surface area contributed by atoms with E-state index in [1.54, 1.807) is 23.5 Å². The van der Waals surface area contributed by atoms with Crippen LogP contribution in [0.3, 0.4) is 0 Å². The Bertz CT molecular complexity index is 796. The first-order valence-electron chi connectivity index (χ1n) is 6.47. The molecule has 1 aromatic carbocycles. The lowest BCUT2D eigenvalue weighted by atomic mass is 10.2. The number of fused-ring (bicyclic) bond motifs is 1. The molecule has 3 aromatic rings. The van der Waals surface area contributed by atoms with Gasteiger partial charge in [-0.05, 0) is 26.0 Å². The molecule has 0 amide bonds. The number of methoxy groups -OCH3 is 1. The van der Waals surface area contributed by atoms with Crippen molar-refractivity contribution in [2.24, 2.45) is 0 Å². The molecule has 0 aliphatic carbocycles. The molecule has 0 aliphatic heterocycles. The van der Waals surface area contributed by atoms with Gasteiger partial charge in [0, 0.05) is 11.8 Å². The topological polar surface area (TPSA) is 51.5 Å². The summed E-state index contributed by atoms with van der Waals surface area (Å²) < 4.78 is 20.2. The largest absolute Gasteiger partial charge is 0.494 e. The van der Waals surface area contributed by atoms with Crippen LogP contribution < -0.4 is 10.1 Å². The summed E-state index contributed by atoms with van der Waals surface area (Å²) in [7, 11) is 1.45. The number of hydrogen-bond acceptors (Lipinski definition) is 5. The summed E-state index contributed by atoms with van der Waals surface area (Å²) in [5.41, 5.74) is 2.72. The molecule has 5 nitrogen and oxygen atoms in total. The first kappa shape index (κ1) is 13.8. The van der Waals surface area contributed by atoms with E-state index in [-0.39, 0.29) is 11.6 Å².